The molecule has 2 aliphatic rings. The van der Waals surface area contributed by atoms with Crippen LogP contribution in [-0.4, -0.2) is 36.0 Å². The van der Waals surface area contributed by atoms with Gasteiger partial charge in [0.2, 0.25) is 0 Å². The standard InChI is InChI=1S/C20H24N2O2/c1-2-14-3-5-15(6-4-14)18-9-10-19(24-18)20(23)22-16-7-8-17(22)13-21-12-11-16/h3-6,9-10,16-17,21H,2,7-8,11-13H2,1H3. The molecule has 126 valence electrons. The van der Waals surface area contributed by atoms with E-state index in [1.807, 2.05) is 12.1 Å². The lowest BCUT2D eigenvalue weighted by Gasteiger charge is -2.26. The summed E-state index contributed by atoms with van der Waals surface area (Å²) in [5, 5.41) is 3.43. The summed E-state index contributed by atoms with van der Waals surface area (Å²) in [7, 11) is 0. The van der Waals surface area contributed by atoms with E-state index in [9.17, 15) is 4.79 Å². The minimum absolute atomic E-state index is 0.0441. The quantitative estimate of drug-likeness (QED) is 0.940. The van der Waals surface area contributed by atoms with Crippen molar-refractivity contribution < 1.29 is 9.21 Å². The summed E-state index contributed by atoms with van der Waals surface area (Å²) in [6, 6.07) is 12.7. The third-order valence-corrected chi connectivity index (χ3v) is 5.35. The molecule has 4 rings (SSSR count). The van der Waals surface area contributed by atoms with E-state index in [-0.39, 0.29) is 5.91 Å². The highest BCUT2D eigenvalue weighted by molar-refractivity contribution is 5.92. The summed E-state index contributed by atoms with van der Waals surface area (Å²) >= 11 is 0. The number of benzene rings is 1. The molecule has 24 heavy (non-hydrogen) atoms. The van der Waals surface area contributed by atoms with Crippen LogP contribution in [0.2, 0.25) is 0 Å². The van der Waals surface area contributed by atoms with Gasteiger partial charge in [0.05, 0.1) is 0 Å². The summed E-state index contributed by atoms with van der Waals surface area (Å²) in [5.41, 5.74) is 2.32. The van der Waals surface area contributed by atoms with E-state index >= 15 is 0 Å². The first-order valence-corrected chi connectivity index (χ1v) is 8.99. The van der Waals surface area contributed by atoms with Crippen molar-refractivity contribution in [2.45, 2.75) is 44.7 Å². The Labute approximate surface area is 142 Å². The lowest BCUT2D eigenvalue weighted by Crippen LogP contribution is -2.42. The Balaban J connectivity index is 1.56. The van der Waals surface area contributed by atoms with E-state index < -0.39 is 0 Å². The van der Waals surface area contributed by atoms with Crippen LogP contribution in [0.3, 0.4) is 0 Å². The first-order valence-electron chi connectivity index (χ1n) is 8.99. The fraction of sp³-hybridized carbons (Fsp3) is 0.450. The summed E-state index contributed by atoms with van der Waals surface area (Å²) < 4.78 is 5.91. The van der Waals surface area contributed by atoms with Crippen LogP contribution in [0.5, 0.6) is 0 Å². The van der Waals surface area contributed by atoms with E-state index in [0.717, 1.165) is 50.1 Å². The molecule has 2 aromatic rings. The maximum absolute atomic E-state index is 13.0. The SMILES string of the molecule is CCc1ccc(-c2ccc(C(=O)N3C4CCNCC3CC4)o2)cc1. The van der Waals surface area contributed by atoms with Crippen molar-refractivity contribution in [3.63, 3.8) is 0 Å². The average molecular weight is 324 g/mol. The van der Waals surface area contributed by atoms with Crippen molar-refractivity contribution in [3.05, 3.63) is 47.7 Å². The normalized spacial score (nSPS) is 23.3. The number of carbonyl (C=O) groups excluding carboxylic acids is 1. The third-order valence-electron chi connectivity index (χ3n) is 5.35. The fourth-order valence-corrected chi connectivity index (χ4v) is 3.95. The average Bonchev–Trinajstić information content (AvgIpc) is 3.18. The van der Waals surface area contributed by atoms with Crippen LogP contribution < -0.4 is 5.32 Å². The van der Waals surface area contributed by atoms with E-state index in [2.05, 4.69) is 41.4 Å². The minimum atomic E-state index is 0.0441. The summed E-state index contributed by atoms with van der Waals surface area (Å²) in [4.78, 5) is 15.0. The zero-order chi connectivity index (χ0) is 16.5. The Morgan fingerprint density at radius 1 is 1.12 bits per heavy atom. The molecule has 2 saturated heterocycles. The van der Waals surface area contributed by atoms with Gasteiger partial charge in [-0.25, -0.2) is 0 Å². The molecule has 2 fully saturated rings. The van der Waals surface area contributed by atoms with Crippen LogP contribution in [0.4, 0.5) is 0 Å². The maximum Gasteiger partial charge on any atom is 0.290 e. The molecular weight excluding hydrogens is 300 g/mol. The molecule has 2 atom stereocenters. The maximum atomic E-state index is 13.0. The number of nitrogens with zero attached hydrogens (tertiary/aromatic N) is 1. The monoisotopic (exact) mass is 324 g/mol. The minimum Gasteiger partial charge on any atom is -0.451 e. The molecule has 0 aliphatic carbocycles. The van der Waals surface area contributed by atoms with Gasteiger partial charge >= 0.3 is 0 Å². The predicted octanol–water partition coefficient (Wildman–Crippen LogP) is 3.48. The van der Waals surface area contributed by atoms with Crippen molar-refractivity contribution in [1.29, 1.82) is 0 Å². The predicted molar refractivity (Wildman–Crippen MR) is 94.0 cm³/mol. The molecule has 2 unspecified atom stereocenters. The van der Waals surface area contributed by atoms with Gasteiger partial charge in [-0.1, -0.05) is 31.2 Å². The van der Waals surface area contributed by atoms with Gasteiger partial charge in [-0.3, -0.25) is 4.79 Å². The Bertz CT molecular complexity index is 705. The number of carbonyl (C=O) groups is 1. The summed E-state index contributed by atoms with van der Waals surface area (Å²) in [6.45, 7) is 4.04. The van der Waals surface area contributed by atoms with Gasteiger partial charge in [0.1, 0.15) is 5.76 Å². The van der Waals surface area contributed by atoms with Crippen molar-refractivity contribution in [3.8, 4) is 11.3 Å². The lowest BCUT2D eigenvalue weighted by atomic mass is 10.1. The van der Waals surface area contributed by atoms with E-state index in [4.69, 9.17) is 4.42 Å². The van der Waals surface area contributed by atoms with Gasteiger partial charge in [0.25, 0.3) is 5.91 Å². The van der Waals surface area contributed by atoms with Gasteiger partial charge in [-0.05, 0) is 49.9 Å². The molecule has 4 nitrogen and oxygen atoms in total. The topological polar surface area (TPSA) is 45.5 Å². The smallest absolute Gasteiger partial charge is 0.290 e. The first kappa shape index (κ1) is 15.5. The number of amides is 1. The lowest BCUT2D eigenvalue weighted by molar-refractivity contribution is 0.0648. The van der Waals surface area contributed by atoms with Crippen molar-refractivity contribution >= 4 is 5.91 Å². The third kappa shape index (κ3) is 2.75. The van der Waals surface area contributed by atoms with Crippen LogP contribution in [0.15, 0.2) is 40.8 Å². The molecule has 2 bridgehead atoms. The zero-order valence-corrected chi connectivity index (χ0v) is 14.1. The molecular formula is C20H24N2O2. The Kier molecular flexibility index (Phi) is 4.15. The van der Waals surface area contributed by atoms with E-state index in [0.29, 0.717) is 17.8 Å². The fourth-order valence-electron chi connectivity index (χ4n) is 3.95. The second-order valence-corrected chi connectivity index (χ2v) is 6.80. The molecule has 0 saturated carbocycles. The number of hydrogen-bond donors (Lipinski definition) is 1. The molecule has 4 heteroatoms. The highest BCUT2D eigenvalue weighted by atomic mass is 16.4. The molecule has 1 aromatic carbocycles. The highest BCUT2D eigenvalue weighted by Crippen LogP contribution is 2.31. The summed E-state index contributed by atoms with van der Waals surface area (Å²) in [6.07, 6.45) is 4.27. The van der Waals surface area contributed by atoms with Crippen molar-refractivity contribution in [2.24, 2.45) is 0 Å². The number of nitrogens with one attached hydrogen (secondary N) is 1. The number of hydrogen-bond acceptors (Lipinski definition) is 3. The van der Waals surface area contributed by atoms with E-state index in [1.165, 1.54) is 5.56 Å². The summed E-state index contributed by atoms with van der Waals surface area (Å²) in [5.74, 6) is 1.27. The van der Waals surface area contributed by atoms with Gasteiger partial charge in [-0.15, -0.1) is 0 Å². The first-order chi connectivity index (χ1) is 11.8. The van der Waals surface area contributed by atoms with Crippen LogP contribution in [0.1, 0.15) is 42.3 Å². The molecule has 1 amide bonds. The number of rotatable bonds is 3. The molecule has 0 radical (unpaired) electrons. The molecule has 1 N–H and O–H groups in total. The van der Waals surface area contributed by atoms with E-state index in [1.54, 1.807) is 0 Å². The Morgan fingerprint density at radius 3 is 2.71 bits per heavy atom. The molecule has 1 aromatic heterocycles. The van der Waals surface area contributed by atoms with Crippen LogP contribution in [0, 0.1) is 0 Å². The van der Waals surface area contributed by atoms with Gasteiger partial charge in [0.15, 0.2) is 5.76 Å². The number of aryl methyl sites for hydroxylation is 1. The van der Waals surface area contributed by atoms with Crippen LogP contribution >= 0.6 is 0 Å². The number of furan rings is 1. The van der Waals surface area contributed by atoms with Gasteiger partial charge in [-0.2, -0.15) is 0 Å². The van der Waals surface area contributed by atoms with Crippen LogP contribution in [-0.2, 0) is 6.42 Å². The van der Waals surface area contributed by atoms with Crippen LogP contribution in [0.25, 0.3) is 11.3 Å². The highest BCUT2D eigenvalue weighted by Gasteiger charge is 2.39. The van der Waals surface area contributed by atoms with Gasteiger partial charge in [0, 0.05) is 24.2 Å². The molecule has 0 spiro atoms. The Hall–Kier alpha value is -2.07. The van der Waals surface area contributed by atoms with Gasteiger partial charge < -0.3 is 14.6 Å². The van der Waals surface area contributed by atoms with Crippen molar-refractivity contribution in [2.75, 3.05) is 13.1 Å². The molecule has 3 heterocycles. The zero-order valence-electron chi connectivity index (χ0n) is 14.1. The van der Waals surface area contributed by atoms with Crippen molar-refractivity contribution in [1.82, 2.24) is 10.2 Å². The second kappa shape index (κ2) is 6.44. The largest absolute Gasteiger partial charge is 0.451 e. The number of fused-ring (bicyclic) bond motifs is 2. The second-order valence-electron chi connectivity index (χ2n) is 6.80. The molecule has 2 aliphatic heterocycles. The Morgan fingerprint density at radius 2 is 1.92 bits per heavy atom.